The highest BCUT2D eigenvalue weighted by Crippen LogP contribution is 2.22. The summed E-state index contributed by atoms with van der Waals surface area (Å²) < 4.78 is 29.7. The Labute approximate surface area is 102 Å². The number of hydrogen-bond donors (Lipinski definition) is 1. The number of sulfonamides is 1. The summed E-state index contributed by atoms with van der Waals surface area (Å²) in [6, 6.07) is -0.191. The highest BCUT2D eigenvalue weighted by Gasteiger charge is 2.33. The van der Waals surface area contributed by atoms with Crippen LogP contribution in [0.3, 0.4) is 0 Å². The molecule has 0 amide bonds. The van der Waals surface area contributed by atoms with Crippen LogP contribution in [0.5, 0.6) is 0 Å². The van der Waals surface area contributed by atoms with Gasteiger partial charge in [-0.3, -0.25) is 4.79 Å². The van der Waals surface area contributed by atoms with Crippen LogP contribution >= 0.6 is 0 Å². The molecular formula is C10H19NO5S. The van der Waals surface area contributed by atoms with Gasteiger partial charge in [-0.05, 0) is 19.3 Å². The molecule has 0 aliphatic carbocycles. The van der Waals surface area contributed by atoms with E-state index in [9.17, 15) is 13.2 Å². The monoisotopic (exact) mass is 265 g/mol. The van der Waals surface area contributed by atoms with Gasteiger partial charge in [0.15, 0.2) is 5.75 Å². The van der Waals surface area contributed by atoms with Crippen LogP contribution in [0.25, 0.3) is 0 Å². The molecule has 1 unspecified atom stereocenters. The van der Waals surface area contributed by atoms with E-state index in [1.165, 1.54) is 11.4 Å². The highest BCUT2D eigenvalue weighted by molar-refractivity contribution is 7.89. The molecule has 17 heavy (non-hydrogen) atoms. The van der Waals surface area contributed by atoms with E-state index >= 15 is 0 Å². The number of rotatable bonds is 5. The normalized spacial score (nSPS) is 22.4. The molecule has 0 aromatic rings. The summed E-state index contributed by atoms with van der Waals surface area (Å²) >= 11 is 0. The predicted octanol–water partition coefficient (Wildman–Crippen LogP) is -0.274. The van der Waals surface area contributed by atoms with Crippen molar-refractivity contribution in [3.8, 4) is 0 Å². The van der Waals surface area contributed by atoms with E-state index in [1.54, 1.807) is 0 Å². The first-order valence-corrected chi connectivity index (χ1v) is 7.29. The first-order valence-electron chi connectivity index (χ1n) is 5.68. The van der Waals surface area contributed by atoms with E-state index in [2.05, 4.69) is 4.74 Å². The Balaban J connectivity index is 2.75. The zero-order chi connectivity index (χ0) is 12.9. The quantitative estimate of drug-likeness (QED) is 0.692. The van der Waals surface area contributed by atoms with Crippen molar-refractivity contribution in [3.05, 3.63) is 0 Å². The second-order valence-electron chi connectivity index (χ2n) is 4.10. The fourth-order valence-corrected chi connectivity index (χ4v) is 3.72. The lowest BCUT2D eigenvalue weighted by molar-refractivity contribution is -0.137. The van der Waals surface area contributed by atoms with Crippen LogP contribution in [0.15, 0.2) is 0 Å². The highest BCUT2D eigenvalue weighted by atomic mass is 32.2. The van der Waals surface area contributed by atoms with Crippen LogP contribution in [-0.4, -0.2) is 55.9 Å². The minimum atomic E-state index is -3.62. The Morgan fingerprint density at radius 3 is 2.76 bits per heavy atom. The molecule has 0 aromatic heterocycles. The number of methoxy groups -OCH3 is 1. The molecule has 1 heterocycles. The fraction of sp³-hybridized carbons (Fsp3) is 0.900. The van der Waals surface area contributed by atoms with Crippen molar-refractivity contribution < 1.29 is 23.1 Å². The Morgan fingerprint density at radius 2 is 2.18 bits per heavy atom. The van der Waals surface area contributed by atoms with Crippen LogP contribution in [0, 0.1) is 0 Å². The van der Waals surface area contributed by atoms with Crippen molar-refractivity contribution >= 4 is 16.0 Å². The molecular weight excluding hydrogens is 246 g/mol. The van der Waals surface area contributed by atoms with Crippen molar-refractivity contribution in [2.75, 3.05) is 26.0 Å². The summed E-state index contributed by atoms with van der Waals surface area (Å²) in [4.78, 5) is 11.1. The Kier molecular flexibility index (Phi) is 5.35. The second-order valence-corrected chi connectivity index (χ2v) is 6.03. The number of carbonyl (C=O) groups excluding carboxylic acids is 1. The molecule has 1 aliphatic heterocycles. The van der Waals surface area contributed by atoms with Gasteiger partial charge in [0.05, 0.1) is 7.11 Å². The van der Waals surface area contributed by atoms with Gasteiger partial charge in [-0.15, -0.1) is 0 Å². The topological polar surface area (TPSA) is 83.9 Å². The Hall–Kier alpha value is -0.660. The zero-order valence-corrected chi connectivity index (χ0v) is 10.8. The number of ether oxygens (including phenoxy) is 1. The lowest BCUT2D eigenvalue weighted by atomic mass is 10.0. The lowest BCUT2D eigenvalue weighted by Gasteiger charge is -2.34. The molecule has 0 bridgehead atoms. The lowest BCUT2D eigenvalue weighted by Crippen LogP contribution is -2.46. The Morgan fingerprint density at radius 1 is 1.47 bits per heavy atom. The maximum absolute atomic E-state index is 12.0. The summed E-state index contributed by atoms with van der Waals surface area (Å²) in [6.45, 7) is 0.374. The number of nitrogens with zero attached hydrogens (tertiary/aromatic N) is 1. The fourth-order valence-electron chi connectivity index (χ4n) is 2.07. The van der Waals surface area contributed by atoms with Crippen molar-refractivity contribution in [3.63, 3.8) is 0 Å². The van der Waals surface area contributed by atoms with Gasteiger partial charge in [-0.2, -0.15) is 4.31 Å². The van der Waals surface area contributed by atoms with Crippen molar-refractivity contribution in [2.45, 2.75) is 31.7 Å². The largest absolute Gasteiger partial charge is 0.468 e. The van der Waals surface area contributed by atoms with Gasteiger partial charge < -0.3 is 9.84 Å². The average molecular weight is 265 g/mol. The molecule has 1 atom stereocenters. The van der Waals surface area contributed by atoms with E-state index in [-0.39, 0.29) is 12.6 Å². The second kappa shape index (κ2) is 6.32. The van der Waals surface area contributed by atoms with Gasteiger partial charge >= 0.3 is 5.97 Å². The van der Waals surface area contributed by atoms with Crippen molar-refractivity contribution in [1.82, 2.24) is 4.31 Å². The number of aliphatic hydroxyl groups is 1. The minimum absolute atomic E-state index is 0.0467. The van der Waals surface area contributed by atoms with E-state index in [0.717, 1.165) is 19.3 Å². The number of carbonyl (C=O) groups is 1. The molecule has 0 aromatic carbocycles. The van der Waals surface area contributed by atoms with Crippen molar-refractivity contribution in [1.29, 1.82) is 0 Å². The SMILES string of the molecule is COC(=O)CS(=O)(=O)N1CCCCC1CCO. The minimum Gasteiger partial charge on any atom is -0.468 e. The van der Waals surface area contributed by atoms with Gasteiger partial charge in [0.1, 0.15) is 0 Å². The third-order valence-corrected chi connectivity index (χ3v) is 4.72. The molecule has 1 N–H and O–H groups in total. The zero-order valence-electron chi connectivity index (χ0n) is 9.96. The van der Waals surface area contributed by atoms with Gasteiger partial charge in [0, 0.05) is 19.2 Å². The summed E-state index contributed by atoms with van der Waals surface area (Å²) in [5, 5.41) is 8.92. The molecule has 1 saturated heterocycles. The molecule has 100 valence electrons. The number of aliphatic hydroxyl groups excluding tert-OH is 1. The summed E-state index contributed by atoms with van der Waals surface area (Å²) in [6.07, 6.45) is 2.90. The maximum Gasteiger partial charge on any atom is 0.322 e. The molecule has 0 spiro atoms. The predicted molar refractivity (Wildman–Crippen MR) is 61.9 cm³/mol. The van der Waals surface area contributed by atoms with Crippen LogP contribution in [0.1, 0.15) is 25.7 Å². The van der Waals surface area contributed by atoms with Crippen LogP contribution in [0.2, 0.25) is 0 Å². The van der Waals surface area contributed by atoms with Gasteiger partial charge in [0.25, 0.3) is 0 Å². The first-order chi connectivity index (χ1) is 8.01. The summed E-state index contributed by atoms with van der Waals surface area (Å²) in [5.41, 5.74) is 0. The van der Waals surface area contributed by atoms with Gasteiger partial charge in [-0.1, -0.05) is 6.42 Å². The van der Waals surface area contributed by atoms with E-state index in [1.807, 2.05) is 0 Å². The van der Waals surface area contributed by atoms with Gasteiger partial charge in [-0.25, -0.2) is 8.42 Å². The average Bonchev–Trinajstić information content (AvgIpc) is 2.29. The summed E-state index contributed by atoms with van der Waals surface area (Å²) in [5.74, 6) is -1.37. The Bertz CT molecular complexity index is 352. The number of piperidine rings is 1. The van der Waals surface area contributed by atoms with E-state index < -0.39 is 21.7 Å². The van der Waals surface area contributed by atoms with Gasteiger partial charge in [0.2, 0.25) is 10.0 Å². The molecule has 1 aliphatic rings. The first kappa shape index (κ1) is 14.4. The third kappa shape index (κ3) is 3.93. The van der Waals surface area contributed by atoms with Crippen molar-refractivity contribution in [2.24, 2.45) is 0 Å². The molecule has 6 nitrogen and oxygen atoms in total. The number of hydrogen-bond acceptors (Lipinski definition) is 5. The molecule has 1 rings (SSSR count). The smallest absolute Gasteiger partial charge is 0.322 e. The number of esters is 1. The molecule has 1 fully saturated rings. The third-order valence-electron chi connectivity index (χ3n) is 2.92. The van der Waals surface area contributed by atoms with E-state index in [4.69, 9.17) is 5.11 Å². The van der Waals surface area contributed by atoms with Crippen LogP contribution in [-0.2, 0) is 19.6 Å². The molecule has 0 saturated carbocycles. The van der Waals surface area contributed by atoms with Crippen LogP contribution in [0.4, 0.5) is 0 Å². The summed E-state index contributed by atoms with van der Waals surface area (Å²) in [7, 11) is -2.45. The standard InChI is InChI=1S/C10H19NO5S/c1-16-10(13)8-17(14,15)11-6-3-2-4-9(11)5-7-12/h9,12H,2-8H2,1H3. The molecule has 7 heteroatoms. The maximum atomic E-state index is 12.0. The van der Waals surface area contributed by atoms with E-state index in [0.29, 0.717) is 13.0 Å². The van der Waals surface area contributed by atoms with Crippen LogP contribution < -0.4 is 0 Å². The molecule has 0 radical (unpaired) electrons.